The summed E-state index contributed by atoms with van der Waals surface area (Å²) in [7, 11) is 0. The zero-order chi connectivity index (χ0) is 20.1. The van der Waals surface area contributed by atoms with E-state index in [1.807, 2.05) is 39.9 Å². The maximum Gasteiger partial charge on any atom is 0.252 e. The topological polar surface area (TPSA) is 76.7 Å². The first kappa shape index (κ1) is 20.0. The van der Waals surface area contributed by atoms with E-state index in [-0.39, 0.29) is 23.9 Å². The lowest BCUT2D eigenvalue weighted by atomic mass is 10.0. The Morgan fingerprint density at radius 1 is 1.07 bits per heavy atom. The number of carbonyl (C=O) groups excluding carboxylic acids is 2. The van der Waals surface area contributed by atoms with Gasteiger partial charge < -0.3 is 10.2 Å². The Kier molecular flexibility index (Phi) is 6.56. The van der Waals surface area contributed by atoms with Crippen LogP contribution in [0.15, 0.2) is 47.2 Å². The van der Waals surface area contributed by atoms with E-state index in [4.69, 9.17) is 0 Å². The molecule has 154 valence electrons. The first-order valence-corrected chi connectivity index (χ1v) is 11.0. The van der Waals surface area contributed by atoms with Crippen LogP contribution in [0.5, 0.6) is 0 Å². The summed E-state index contributed by atoms with van der Waals surface area (Å²) >= 11 is 1.52. The van der Waals surface area contributed by atoms with Crippen LogP contribution in [0.1, 0.15) is 28.4 Å². The first-order chi connectivity index (χ1) is 14.2. The van der Waals surface area contributed by atoms with Gasteiger partial charge in [-0.05, 0) is 23.4 Å². The molecule has 0 aliphatic carbocycles. The minimum atomic E-state index is -0.184. The Hall–Kier alpha value is -2.26. The Balaban J connectivity index is 1.18. The van der Waals surface area contributed by atoms with E-state index in [1.165, 1.54) is 16.9 Å². The van der Waals surface area contributed by atoms with Gasteiger partial charge in [-0.1, -0.05) is 30.3 Å². The number of benzene rings is 1. The molecular weight excluding hydrogens is 386 g/mol. The Bertz CT molecular complexity index is 806. The molecule has 1 aromatic heterocycles. The zero-order valence-electron chi connectivity index (χ0n) is 16.3. The summed E-state index contributed by atoms with van der Waals surface area (Å²) < 4.78 is 0. The Labute approximate surface area is 175 Å². The van der Waals surface area contributed by atoms with Crippen molar-refractivity contribution < 1.29 is 9.59 Å². The summed E-state index contributed by atoms with van der Waals surface area (Å²) in [4.78, 5) is 29.1. The highest BCUT2D eigenvalue weighted by molar-refractivity contribution is 7.08. The molecule has 2 amide bonds. The van der Waals surface area contributed by atoms with Gasteiger partial charge in [-0.2, -0.15) is 11.3 Å². The number of hydrogen-bond donors (Lipinski definition) is 3. The molecule has 29 heavy (non-hydrogen) atoms. The van der Waals surface area contributed by atoms with Crippen LogP contribution < -0.4 is 16.2 Å². The lowest BCUT2D eigenvalue weighted by Crippen LogP contribution is -2.54. The second kappa shape index (κ2) is 9.49. The zero-order valence-corrected chi connectivity index (χ0v) is 17.2. The maximum atomic E-state index is 12.9. The van der Waals surface area contributed by atoms with Gasteiger partial charge in [0.25, 0.3) is 5.91 Å². The molecule has 3 heterocycles. The molecule has 2 saturated heterocycles. The van der Waals surface area contributed by atoms with E-state index >= 15 is 0 Å². The fourth-order valence-corrected chi connectivity index (χ4v) is 4.49. The van der Waals surface area contributed by atoms with Crippen LogP contribution in [-0.2, 0) is 4.79 Å². The molecule has 2 aliphatic rings. The number of nitrogens with zero attached hydrogens (tertiary/aromatic N) is 2. The van der Waals surface area contributed by atoms with Gasteiger partial charge in [0, 0.05) is 56.3 Å². The molecule has 8 heteroatoms. The third-order valence-electron chi connectivity index (χ3n) is 5.58. The number of carbonyl (C=O) groups is 2. The van der Waals surface area contributed by atoms with Gasteiger partial charge in [0.15, 0.2) is 0 Å². The van der Waals surface area contributed by atoms with Crippen LogP contribution in [0.3, 0.4) is 0 Å². The third kappa shape index (κ3) is 5.02. The minimum absolute atomic E-state index is 0.0205. The number of nitrogens with one attached hydrogen (secondary N) is 3. The van der Waals surface area contributed by atoms with Crippen LogP contribution in [-0.4, -0.2) is 66.9 Å². The monoisotopic (exact) mass is 413 g/mol. The van der Waals surface area contributed by atoms with Gasteiger partial charge in [0.1, 0.15) is 6.04 Å². The number of hydrazine groups is 1. The number of amides is 2. The van der Waals surface area contributed by atoms with E-state index in [9.17, 15) is 9.59 Å². The number of hydrogen-bond acceptors (Lipinski definition) is 6. The van der Waals surface area contributed by atoms with E-state index in [1.54, 1.807) is 0 Å². The molecule has 1 aromatic carbocycles. The Morgan fingerprint density at radius 3 is 2.59 bits per heavy atom. The molecule has 4 rings (SSSR count). The average molecular weight is 414 g/mol. The van der Waals surface area contributed by atoms with Crippen molar-refractivity contribution in [1.29, 1.82) is 0 Å². The molecule has 2 unspecified atom stereocenters. The summed E-state index contributed by atoms with van der Waals surface area (Å²) in [6.07, 6.45) is 0.762. The SMILES string of the molecule is O=C(NCCN1CCN(C(=O)C2CC(c3ccccc3)NN2)CC1)c1ccsc1. The van der Waals surface area contributed by atoms with Gasteiger partial charge in [0.05, 0.1) is 0 Å². The molecule has 0 spiro atoms. The minimum Gasteiger partial charge on any atom is -0.351 e. The van der Waals surface area contributed by atoms with E-state index in [0.717, 1.165) is 44.7 Å². The summed E-state index contributed by atoms with van der Waals surface area (Å²) in [6, 6.07) is 12.0. The van der Waals surface area contributed by atoms with Crippen LogP contribution in [0, 0.1) is 0 Å². The van der Waals surface area contributed by atoms with Crippen LogP contribution >= 0.6 is 11.3 Å². The average Bonchev–Trinajstić information content (AvgIpc) is 3.47. The smallest absolute Gasteiger partial charge is 0.252 e. The number of piperazine rings is 1. The normalized spacial score (nSPS) is 22.6. The standard InChI is InChI=1S/C21H27N5O2S/c27-20(17-6-13-29-15-17)22-7-8-25-9-11-26(12-10-25)21(28)19-14-18(23-24-19)16-4-2-1-3-5-16/h1-6,13,15,18-19,23-24H,7-12,14H2,(H,22,27). The molecule has 2 atom stereocenters. The van der Waals surface area contributed by atoms with Gasteiger partial charge >= 0.3 is 0 Å². The molecule has 2 aliphatic heterocycles. The van der Waals surface area contributed by atoms with Crippen LogP contribution in [0.4, 0.5) is 0 Å². The number of rotatable bonds is 6. The molecule has 3 N–H and O–H groups in total. The fraction of sp³-hybridized carbons (Fsp3) is 0.429. The molecule has 0 bridgehead atoms. The van der Waals surface area contributed by atoms with Crippen molar-refractivity contribution >= 4 is 23.2 Å². The van der Waals surface area contributed by atoms with Crippen molar-refractivity contribution in [2.45, 2.75) is 18.5 Å². The maximum absolute atomic E-state index is 12.9. The van der Waals surface area contributed by atoms with Crippen LogP contribution in [0.2, 0.25) is 0 Å². The highest BCUT2D eigenvalue weighted by atomic mass is 32.1. The van der Waals surface area contributed by atoms with Gasteiger partial charge in [-0.15, -0.1) is 0 Å². The molecule has 0 saturated carbocycles. The van der Waals surface area contributed by atoms with Gasteiger partial charge in [-0.3, -0.25) is 14.5 Å². The second-order valence-corrected chi connectivity index (χ2v) is 8.26. The van der Waals surface area contributed by atoms with E-state index < -0.39 is 0 Å². The second-order valence-electron chi connectivity index (χ2n) is 7.48. The van der Waals surface area contributed by atoms with E-state index in [2.05, 4.69) is 33.2 Å². The quantitative estimate of drug-likeness (QED) is 0.664. The highest BCUT2D eigenvalue weighted by Gasteiger charge is 2.33. The third-order valence-corrected chi connectivity index (χ3v) is 6.27. The molecular formula is C21H27N5O2S. The van der Waals surface area contributed by atoms with Crippen LogP contribution in [0.25, 0.3) is 0 Å². The molecule has 7 nitrogen and oxygen atoms in total. The summed E-state index contributed by atoms with van der Waals surface area (Å²) in [6.45, 7) is 4.55. The fourth-order valence-electron chi connectivity index (χ4n) is 3.86. The summed E-state index contributed by atoms with van der Waals surface area (Å²) in [5, 5.41) is 6.72. The predicted octanol–water partition coefficient (Wildman–Crippen LogP) is 1.23. The van der Waals surface area contributed by atoms with Crippen molar-refractivity contribution in [1.82, 2.24) is 26.0 Å². The van der Waals surface area contributed by atoms with Gasteiger partial charge in [0.2, 0.25) is 5.91 Å². The first-order valence-electron chi connectivity index (χ1n) is 10.1. The van der Waals surface area contributed by atoms with Gasteiger partial charge in [-0.25, -0.2) is 10.9 Å². The summed E-state index contributed by atoms with van der Waals surface area (Å²) in [5.74, 6) is 0.147. The predicted molar refractivity (Wildman–Crippen MR) is 114 cm³/mol. The Morgan fingerprint density at radius 2 is 1.86 bits per heavy atom. The molecule has 0 radical (unpaired) electrons. The molecule has 2 aromatic rings. The van der Waals surface area contributed by atoms with E-state index in [0.29, 0.717) is 6.54 Å². The lowest BCUT2D eigenvalue weighted by molar-refractivity contribution is -0.134. The summed E-state index contributed by atoms with van der Waals surface area (Å²) in [5.41, 5.74) is 8.34. The van der Waals surface area contributed by atoms with Crippen molar-refractivity contribution in [2.75, 3.05) is 39.3 Å². The highest BCUT2D eigenvalue weighted by Crippen LogP contribution is 2.23. The molecule has 2 fully saturated rings. The number of thiophene rings is 1. The van der Waals surface area contributed by atoms with Crippen molar-refractivity contribution in [3.05, 3.63) is 58.3 Å². The van der Waals surface area contributed by atoms with Crippen molar-refractivity contribution in [2.24, 2.45) is 0 Å². The lowest BCUT2D eigenvalue weighted by Gasteiger charge is -2.35. The van der Waals surface area contributed by atoms with Crippen molar-refractivity contribution in [3.63, 3.8) is 0 Å². The largest absolute Gasteiger partial charge is 0.351 e. The van der Waals surface area contributed by atoms with Crippen molar-refractivity contribution in [3.8, 4) is 0 Å².